The van der Waals surface area contributed by atoms with E-state index in [1.807, 2.05) is 13.8 Å². The van der Waals surface area contributed by atoms with E-state index in [4.69, 9.17) is 5.11 Å². The van der Waals surface area contributed by atoms with Gasteiger partial charge in [0.15, 0.2) is 0 Å². The zero-order valence-electron chi connectivity index (χ0n) is 10.4. The molecule has 0 aliphatic rings. The minimum Gasteiger partial charge on any atom is -0.478 e. The third-order valence-corrected chi connectivity index (χ3v) is 3.04. The Balaban J connectivity index is 2.69. The highest BCUT2D eigenvalue weighted by Crippen LogP contribution is 2.16. The first-order valence-electron chi connectivity index (χ1n) is 5.98. The van der Waals surface area contributed by atoms with Gasteiger partial charge in [0, 0.05) is 17.9 Å². The Kier molecular flexibility index (Phi) is 4.59. The Bertz CT molecular complexity index is 366. The zero-order valence-corrected chi connectivity index (χ0v) is 10.4. The lowest BCUT2D eigenvalue weighted by atomic mass is 10.2. The number of hydrogen-bond donors (Lipinski definition) is 1. The highest BCUT2D eigenvalue weighted by Gasteiger charge is 2.13. The van der Waals surface area contributed by atoms with Crippen LogP contribution in [0.1, 0.15) is 54.4 Å². The van der Waals surface area contributed by atoms with Crippen LogP contribution < -0.4 is 0 Å². The van der Waals surface area contributed by atoms with Crippen molar-refractivity contribution >= 4 is 5.97 Å². The summed E-state index contributed by atoms with van der Waals surface area (Å²) in [5.41, 5.74) is 2.36. The zero-order chi connectivity index (χ0) is 12.1. The van der Waals surface area contributed by atoms with Gasteiger partial charge in [-0.25, -0.2) is 4.79 Å². The summed E-state index contributed by atoms with van der Waals surface area (Å²) in [5, 5.41) is 9.00. The van der Waals surface area contributed by atoms with E-state index in [2.05, 4.69) is 11.5 Å². The monoisotopic (exact) mass is 223 g/mol. The first kappa shape index (κ1) is 12.8. The van der Waals surface area contributed by atoms with Crippen LogP contribution in [-0.2, 0) is 6.54 Å². The molecular formula is C13H21NO2. The molecule has 0 aliphatic heterocycles. The van der Waals surface area contributed by atoms with E-state index in [0.29, 0.717) is 5.56 Å². The predicted octanol–water partition coefficient (Wildman–Crippen LogP) is 3.38. The molecule has 0 aliphatic carbocycles. The molecule has 0 saturated carbocycles. The van der Waals surface area contributed by atoms with Crippen LogP contribution in [0.15, 0.2) is 6.07 Å². The van der Waals surface area contributed by atoms with Crippen LogP contribution in [0.3, 0.4) is 0 Å². The minimum absolute atomic E-state index is 0.438. The van der Waals surface area contributed by atoms with Crippen molar-refractivity contribution in [2.75, 3.05) is 0 Å². The Morgan fingerprint density at radius 3 is 2.50 bits per heavy atom. The van der Waals surface area contributed by atoms with Gasteiger partial charge in [0.1, 0.15) is 0 Å². The summed E-state index contributed by atoms with van der Waals surface area (Å²) in [6, 6.07) is 1.76. The maximum atomic E-state index is 11.0. The molecule has 0 spiro atoms. The molecule has 1 heterocycles. The fraction of sp³-hybridized carbons (Fsp3) is 0.615. The summed E-state index contributed by atoms with van der Waals surface area (Å²) in [7, 11) is 0. The van der Waals surface area contributed by atoms with Gasteiger partial charge < -0.3 is 9.67 Å². The molecule has 0 unspecified atom stereocenters. The molecule has 1 aromatic rings. The average molecular weight is 223 g/mol. The molecule has 0 radical (unpaired) electrons. The van der Waals surface area contributed by atoms with Crippen LogP contribution >= 0.6 is 0 Å². The number of aromatic nitrogens is 1. The van der Waals surface area contributed by atoms with Crippen molar-refractivity contribution in [2.24, 2.45) is 0 Å². The molecule has 1 N–H and O–H groups in total. The Morgan fingerprint density at radius 1 is 1.31 bits per heavy atom. The Labute approximate surface area is 97.1 Å². The summed E-state index contributed by atoms with van der Waals surface area (Å²) in [6.45, 7) is 6.98. The van der Waals surface area contributed by atoms with Crippen molar-refractivity contribution in [1.29, 1.82) is 0 Å². The second-order valence-corrected chi connectivity index (χ2v) is 4.30. The molecule has 1 aromatic heterocycles. The topological polar surface area (TPSA) is 42.2 Å². The second-order valence-electron chi connectivity index (χ2n) is 4.30. The van der Waals surface area contributed by atoms with Gasteiger partial charge in [0.25, 0.3) is 0 Å². The highest BCUT2D eigenvalue weighted by molar-refractivity contribution is 5.89. The van der Waals surface area contributed by atoms with Gasteiger partial charge in [-0.3, -0.25) is 0 Å². The van der Waals surface area contributed by atoms with Gasteiger partial charge in [-0.2, -0.15) is 0 Å². The SMILES string of the molecule is CCCCCCn1c(C)cc(C(=O)O)c1C. The maximum absolute atomic E-state index is 11.0. The van der Waals surface area contributed by atoms with Gasteiger partial charge in [-0.05, 0) is 26.3 Å². The predicted molar refractivity (Wildman–Crippen MR) is 65.0 cm³/mol. The van der Waals surface area contributed by atoms with Crippen LogP contribution in [0.4, 0.5) is 0 Å². The molecule has 1 rings (SSSR count). The van der Waals surface area contributed by atoms with E-state index >= 15 is 0 Å². The molecule has 0 fully saturated rings. The Hall–Kier alpha value is -1.25. The average Bonchev–Trinajstić information content (AvgIpc) is 2.51. The summed E-state index contributed by atoms with van der Waals surface area (Å²) in [6.07, 6.45) is 4.83. The van der Waals surface area contributed by atoms with Crippen molar-refractivity contribution in [3.8, 4) is 0 Å². The van der Waals surface area contributed by atoms with Crippen LogP contribution in [0, 0.1) is 13.8 Å². The van der Waals surface area contributed by atoms with E-state index in [9.17, 15) is 4.79 Å². The van der Waals surface area contributed by atoms with Crippen molar-refractivity contribution in [3.05, 3.63) is 23.0 Å². The van der Waals surface area contributed by atoms with Crippen LogP contribution in [-0.4, -0.2) is 15.6 Å². The Morgan fingerprint density at radius 2 is 2.00 bits per heavy atom. The minimum atomic E-state index is -0.826. The fourth-order valence-electron chi connectivity index (χ4n) is 2.06. The molecule has 3 nitrogen and oxygen atoms in total. The molecule has 0 atom stereocenters. The number of rotatable bonds is 6. The van der Waals surface area contributed by atoms with Gasteiger partial charge in [-0.15, -0.1) is 0 Å². The second kappa shape index (κ2) is 5.73. The third kappa shape index (κ3) is 2.87. The molecule has 16 heavy (non-hydrogen) atoms. The van der Waals surface area contributed by atoms with Crippen LogP contribution in [0.2, 0.25) is 0 Å². The number of carboxylic acid groups (broad SMARTS) is 1. The molecule has 0 aromatic carbocycles. The summed E-state index contributed by atoms with van der Waals surface area (Å²) >= 11 is 0. The van der Waals surface area contributed by atoms with Crippen molar-refractivity contribution in [2.45, 2.75) is 53.0 Å². The van der Waals surface area contributed by atoms with Gasteiger partial charge in [-0.1, -0.05) is 26.2 Å². The third-order valence-electron chi connectivity index (χ3n) is 3.04. The molecule has 90 valence electrons. The first-order chi connectivity index (χ1) is 7.57. The number of carboxylic acids is 1. The normalized spacial score (nSPS) is 10.7. The van der Waals surface area contributed by atoms with E-state index in [0.717, 1.165) is 24.4 Å². The molecular weight excluding hydrogens is 202 g/mol. The summed E-state index contributed by atoms with van der Waals surface area (Å²) < 4.78 is 2.11. The number of nitrogens with zero attached hydrogens (tertiary/aromatic N) is 1. The van der Waals surface area contributed by atoms with Crippen molar-refractivity contribution in [3.63, 3.8) is 0 Å². The van der Waals surface area contributed by atoms with Gasteiger partial charge in [0.2, 0.25) is 0 Å². The molecule has 0 amide bonds. The summed E-state index contributed by atoms with van der Waals surface area (Å²) in [5.74, 6) is -0.826. The lowest BCUT2D eigenvalue weighted by molar-refractivity contribution is 0.0696. The van der Waals surface area contributed by atoms with Crippen LogP contribution in [0.5, 0.6) is 0 Å². The van der Waals surface area contributed by atoms with E-state index in [1.54, 1.807) is 6.07 Å². The molecule has 3 heteroatoms. The highest BCUT2D eigenvalue weighted by atomic mass is 16.4. The lowest BCUT2D eigenvalue weighted by Crippen LogP contribution is -2.04. The maximum Gasteiger partial charge on any atom is 0.337 e. The van der Waals surface area contributed by atoms with Gasteiger partial charge in [0.05, 0.1) is 5.56 Å². The number of aryl methyl sites for hydroxylation is 1. The number of carbonyl (C=O) groups is 1. The van der Waals surface area contributed by atoms with Crippen LogP contribution in [0.25, 0.3) is 0 Å². The summed E-state index contributed by atoms with van der Waals surface area (Å²) in [4.78, 5) is 11.0. The fourth-order valence-corrected chi connectivity index (χ4v) is 2.06. The van der Waals surface area contributed by atoms with E-state index < -0.39 is 5.97 Å². The van der Waals surface area contributed by atoms with E-state index in [-0.39, 0.29) is 0 Å². The van der Waals surface area contributed by atoms with E-state index in [1.165, 1.54) is 19.3 Å². The van der Waals surface area contributed by atoms with Crippen molar-refractivity contribution < 1.29 is 9.90 Å². The number of aromatic carboxylic acids is 1. The lowest BCUT2D eigenvalue weighted by Gasteiger charge is -2.08. The number of hydrogen-bond acceptors (Lipinski definition) is 1. The quantitative estimate of drug-likeness (QED) is 0.751. The smallest absolute Gasteiger partial charge is 0.337 e. The first-order valence-corrected chi connectivity index (χ1v) is 5.98. The number of unbranched alkanes of at least 4 members (excludes halogenated alkanes) is 3. The van der Waals surface area contributed by atoms with Crippen molar-refractivity contribution in [1.82, 2.24) is 4.57 Å². The molecule has 0 bridgehead atoms. The molecule has 0 saturated heterocycles. The standard InChI is InChI=1S/C13H21NO2/c1-4-5-6-7-8-14-10(2)9-12(11(14)3)13(15)16/h9H,4-8H2,1-3H3,(H,15,16). The largest absolute Gasteiger partial charge is 0.478 e. The van der Waals surface area contributed by atoms with Gasteiger partial charge >= 0.3 is 5.97 Å².